The highest BCUT2D eigenvalue weighted by atomic mass is 16.6. The Bertz CT molecular complexity index is 582. The lowest BCUT2D eigenvalue weighted by atomic mass is 10.2. The summed E-state index contributed by atoms with van der Waals surface area (Å²) in [7, 11) is 0. The number of amides is 1. The molecule has 1 aromatic heterocycles. The van der Waals surface area contributed by atoms with Crippen LogP contribution >= 0.6 is 0 Å². The summed E-state index contributed by atoms with van der Waals surface area (Å²) in [4.78, 5) is 28.0. The normalized spacial score (nSPS) is 12.0. The van der Waals surface area contributed by atoms with Crippen LogP contribution in [0.3, 0.4) is 0 Å². The van der Waals surface area contributed by atoms with Crippen molar-refractivity contribution in [1.82, 2.24) is 14.9 Å². The first kappa shape index (κ1) is 20.0. The lowest BCUT2D eigenvalue weighted by Gasteiger charge is -2.20. The Balaban J connectivity index is 2.72. The average Bonchev–Trinajstić information content (AvgIpc) is 2.78. The molecule has 1 rings (SSSR count). The Morgan fingerprint density at radius 3 is 2.25 bits per heavy atom. The number of aliphatic hydroxyl groups is 1. The topological polar surface area (TPSA) is 103 Å². The summed E-state index contributed by atoms with van der Waals surface area (Å²) in [6.45, 7) is 10.6. The van der Waals surface area contributed by atoms with Crippen LogP contribution in [0.4, 0.5) is 9.59 Å². The second-order valence-corrected chi connectivity index (χ2v) is 7.34. The molecule has 0 spiro atoms. The van der Waals surface area contributed by atoms with Gasteiger partial charge in [-0.25, -0.2) is 19.1 Å². The maximum Gasteiger partial charge on any atom is 0.420 e. The van der Waals surface area contributed by atoms with Gasteiger partial charge >= 0.3 is 12.2 Å². The van der Waals surface area contributed by atoms with Gasteiger partial charge in [0.15, 0.2) is 0 Å². The zero-order chi connectivity index (χ0) is 18.5. The maximum absolute atomic E-state index is 12.2. The third-order valence-corrected chi connectivity index (χ3v) is 2.60. The number of aromatic nitrogens is 2. The molecule has 0 aliphatic carbocycles. The van der Waals surface area contributed by atoms with E-state index in [1.54, 1.807) is 41.5 Å². The van der Waals surface area contributed by atoms with Crippen molar-refractivity contribution in [1.29, 1.82) is 0 Å². The summed E-state index contributed by atoms with van der Waals surface area (Å²) in [5.74, 6) is 0.393. The minimum Gasteiger partial charge on any atom is -0.444 e. The molecule has 0 fully saturated rings. The minimum atomic E-state index is -0.646. The highest BCUT2D eigenvalue weighted by Crippen LogP contribution is 2.12. The van der Waals surface area contributed by atoms with E-state index in [4.69, 9.17) is 9.47 Å². The fourth-order valence-corrected chi connectivity index (χ4v) is 1.78. The van der Waals surface area contributed by atoms with Crippen LogP contribution in [0.5, 0.6) is 0 Å². The number of nitrogens with zero attached hydrogens (tertiary/aromatic N) is 2. The zero-order valence-electron chi connectivity index (χ0n) is 15.2. The van der Waals surface area contributed by atoms with Gasteiger partial charge in [0.2, 0.25) is 0 Å². The number of aliphatic hydroxyl groups excluding tert-OH is 1. The Labute approximate surface area is 142 Å². The number of carbonyl (C=O) groups is 2. The number of hydrogen-bond acceptors (Lipinski definition) is 6. The van der Waals surface area contributed by atoms with Crippen molar-refractivity contribution in [3.05, 3.63) is 17.7 Å². The summed E-state index contributed by atoms with van der Waals surface area (Å²) in [5, 5.41) is 11.8. The third kappa shape index (κ3) is 6.99. The van der Waals surface area contributed by atoms with Crippen molar-refractivity contribution in [2.75, 3.05) is 6.54 Å². The number of nitrogens with one attached hydrogen (secondary N) is 1. The summed E-state index contributed by atoms with van der Waals surface area (Å²) < 4.78 is 11.7. The lowest BCUT2D eigenvalue weighted by molar-refractivity contribution is 0.0527. The van der Waals surface area contributed by atoms with Crippen molar-refractivity contribution in [2.24, 2.45) is 0 Å². The molecule has 0 saturated carbocycles. The van der Waals surface area contributed by atoms with Crippen molar-refractivity contribution in [3.63, 3.8) is 0 Å². The second-order valence-electron chi connectivity index (χ2n) is 7.34. The van der Waals surface area contributed by atoms with E-state index in [0.29, 0.717) is 17.9 Å². The molecule has 0 saturated heterocycles. The summed E-state index contributed by atoms with van der Waals surface area (Å²) in [6.07, 6.45) is 0.595. The number of rotatable bonds is 4. The van der Waals surface area contributed by atoms with Gasteiger partial charge in [-0.05, 0) is 41.5 Å². The first-order chi connectivity index (χ1) is 10.9. The van der Waals surface area contributed by atoms with E-state index >= 15 is 0 Å². The van der Waals surface area contributed by atoms with Gasteiger partial charge in [-0.2, -0.15) is 0 Å². The molecule has 1 heterocycles. The van der Waals surface area contributed by atoms with Crippen LogP contribution in [0.25, 0.3) is 0 Å². The van der Waals surface area contributed by atoms with Crippen LogP contribution in [-0.4, -0.2) is 44.6 Å². The smallest absolute Gasteiger partial charge is 0.420 e. The molecule has 0 unspecified atom stereocenters. The van der Waals surface area contributed by atoms with Crippen LogP contribution < -0.4 is 5.32 Å². The number of carbonyl (C=O) groups excluding carboxylic acids is 2. The van der Waals surface area contributed by atoms with Crippen LogP contribution in [0.15, 0.2) is 6.20 Å². The second kappa shape index (κ2) is 7.65. The van der Waals surface area contributed by atoms with Gasteiger partial charge in [-0.15, -0.1) is 0 Å². The highest BCUT2D eigenvalue weighted by Gasteiger charge is 2.21. The zero-order valence-corrected chi connectivity index (χ0v) is 15.2. The van der Waals surface area contributed by atoms with Gasteiger partial charge in [-0.3, -0.25) is 0 Å². The van der Waals surface area contributed by atoms with E-state index in [0.717, 1.165) is 0 Å². The molecule has 0 aliphatic rings. The molecule has 8 nitrogen and oxygen atoms in total. The van der Waals surface area contributed by atoms with Crippen molar-refractivity contribution in [2.45, 2.75) is 65.8 Å². The number of ether oxygens (including phenoxy) is 2. The summed E-state index contributed by atoms with van der Waals surface area (Å²) in [6, 6.07) is 0. The number of alkyl carbamates (subject to hydrolysis) is 1. The van der Waals surface area contributed by atoms with Gasteiger partial charge in [0.05, 0.1) is 12.3 Å². The molecular formula is C16H27N3O5. The molecule has 24 heavy (non-hydrogen) atoms. The highest BCUT2D eigenvalue weighted by molar-refractivity contribution is 5.72. The van der Waals surface area contributed by atoms with Gasteiger partial charge in [0.25, 0.3) is 0 Å². The Morgan fingerprint density at radius 1 is 1.17 bits per heavy atom. The van der Waals surface area contributed by atoms with E-state index < -0.39 is 23.4 Å². The standard InChI is InChI=1S/C16H27N3O5/c1-15(2,3)23-13(21)17-8-7-12-18-11(10-20)9-19(12)14(22)24-16(4,5)6/h9,20H,7-8,10H2,1-6H3,(H,17,21). The molecule has 1 aromatic rings. The van der Waals surface area contributed by atoms with Crippen LogP contribution in [0.1, 0.15) is 53.1 Å². The average molecular weight is 341 g/mol. The summed E-state index contributed by atoms with van der Waals surface area (Å²) in [5.41, 5.74) is -0.872. The van der Waals surface area contributed by atoms with Crippen molar-refractivity contribution < 1.29 is 24.2 Å². The van der Waals surface area contributed by atoms with Crippen LogP contribution in [-0.2, 0) is 22.5 Å². The monoisotopic (exact) mass is 341 g/mol. The van der Waals surface area contributed by atoms with E-state index in [2.05, 4.69) is 10.3 Å². The van der Waals surface area contributed by atoms with E-state index in [1.807, 2.05) is 0 Å². The maximum atomic E-state index is 12.2. The molecule has 0 atom stereocenters. The number of imidazole rings is 1. The Morgan fingerprint density at radius 2 is 1.75 bits per heavy atom. The van der Waals surface area contributed by atoms with Gasteiger partial charge in [0.1, 0.15) is 17.0 Å². The fourth-order valence-electron chi connectivity index (χ4n) is 1.78. The van der Waals surface area contributed by atoms with E-state index in [1.165, 1.54) is 10.8 Å². The lowest BCUT2D eigenvalue weighted by Crippen LogP contribution is -2.34. The first-order valence-electron chi connectivity index (χ1n) is 7.79. The van der Waals surface area contributed by atoms with Crippen molar-refractivity contribution in [3.8, 4) is 0 Å². The first-order valence-corrected chi connectivity index (χ1v) is 7.79. The SMILES string of the molecule is CC(C)(C)OC(=O)NCCc1nc(CO)cn1C(=O)OC(C)(C)C. The minimum absolute atomic E-state index is 0.236. The van der Waals surface area contributed by atoms with E-state index in [-0.39, 0.29) is 13.2 Å². The quantitative estimate of drug-likeness (QED) is 0.870. The molecule has 0 aromatic carbocycles. The molecule has 8 heteroatoms. The molecule has 136 valence electrons. The molecule has 0 radical (unpaired) electrons. The molecule has 0 bridgehead atoms. The fraction of sp³-hybridized carbons (Fsp3) is 0.688. The summed E-state index contributed by atoms with van der Waals surface area (Å²) >= 11 is 0. The third-order valence-electron chi connectivity index (χ3n) is 2.60. The molecular weight excluding hydrogens is 314 g/mol. The van der Waals surface area contributed by atoms with Crippen LogP contribution in [0, 0.1) is 0 Å². The van der Waals surface area contributed by atoms with E-state index in [9.17, 15) is 14.7 Å². The Hall–Kier alpha value is -2.09. The molecule has 1 amide bonds. The van der Waals surface area contributed by atoms with Gasteiger partial charge in [-0.1, -0.05) is 0 Å². The van der Waals surface area contributed by atoms with Crippen molar-refractivity contribution >= 4 is 12.2 Å². The number of hydrogen-bond donors (Lipinski definition) is 2. The largest absolute Gasteiger partial charge is 0.444 e. The van der Waals surface area contributed by atoms with Crippen LogP contribution in [0.2, 0.25) is 0 Å². The van der Waals surface area contributed by atoms with Gasteiger partial charge < -0.3 is 19.9 Å². The predicted molar refractivity (Wildman–Crippen MR) is 87.7 cm³/mol. The predicted octanol–water partition coefficient (Wildman–Crippen LogP) is 2.23. The molecule has 2 N–H and O–H groups in total. The Kier molecular flexibility index (Phi) is 6.36. The molecule has 0 aliphatic heterocycles. The van der Waals surface area contributed by atoms with Gasteiger partial charge in [0, 0.05) is 19.2 Å².